The number of carbonyl (C=O) groups excluding carboxylic acids is 1. The number of thiophene rings is 1. The number of carbonyl (C=O) groups is 1. The van der Waals surface area contributed by atoms with Crippen molar-refractivity contribution >= 4 is 44.9 Å². The number of hydrogen-bond acceptors (Lipinski definition) is 6. The van der Waals surface area contributed by atoms with Crippen LogP contribution in [0.2, 0.25) is 0 Å². The van der Waals surface area contributed by atoms with Crippen LogP contribution >= 0.6 is 23.1 Å². The Morgan fingerprint density at radius 3 is 2.51 bits per heavy atom. The zero-order valence-electron chi connectivity index (χ0n) is 19.2. The summed E-state index contributed by atoms with van der Waals surface area (Å²) >= 11 is 3.22. The molecule has 5 aromatic rings. The smallest absolute Gasteiger partial charge is 0.230 e. The summed E-state index contributed by atoms with van der Waals surface area (Å²) in [5.41, 5.74) is 4.53. The fourth-order valence-electron chi connectivity index (χ4n) is 4.66. The van der Waals surface area contributed by atoms with E-state index in [1.165, 1.54) is 40.6 Å². The van der Waals surface area contributed by atoms with Crippen LogP contribution in [-0.4, -0.2) is 31.2 Å². The maximum Gasteiger partial charge on any atom is 0.230 e. The lowest BCUT2D eigenvalue weighted by Crippen LogP contribution is -2.24. The van der Waals surface area contributed by atoms with Crippen molar-refractivity contribution < 1.29 is 4.79 Å². The molecule has 0 saturated carbocycles. The van der Waals surface area contributed by atoms with E-state index in [1.54, 1.807) is 0 Å². The van der Waals surface area contributed by atoms with E-state index in [0.717, 1.165) is 40.1 Å². The quantitative estimate of drug-likeness (QED) is 0.311. The average molecular weight is 500 g/mol. The van der Waals surface area contributed by atoms with Crippen molar-refractivity contribution in [3.05, 3.63) is 88.1 Å². The Labute approximate surface area is 211 Å². The average Bonchev–Trinajstić information content (AvgIpc) is 3.49. The number of aryl methyl sites for hydroxylation is 2. The molecule has 2 aromatic carbocycles. The number of aromatic nitrogens is 4. The summed E-state index contributed by atoms with van der Waals surface area (Å²) in [4.78, 5) is 20.2. The van der Waals surface area contributed by atoms with Crippen molar-refractivity contribution in [2.75, 3.05) is 5.75 Å². The molecule has 1 N–H and O–H groups in total. The second-order valence-electron chi connectivity index (χ2n) is 8.77. The molecule has 8 heteroatoms. The Kier molecular flexibility index (Phi) is 6.22. The van der Waals surface area contributed by atoms with E-state index in [1.807, 2.05) is 59.9 Å². The molecule has 3 heterocycles. The molecular weight excluding hydrogens is 474 g/mol. The van der Waals surface area contributed by atoms with Gasteiger partial charge in [-0.2, -0.15) is 0 Å². The van der Waals surface area contributed by atoms with Crippen molar-refractivity contribution in [3.63, 3.8) is 0 Å². The second-order valence-corrected chi connectivity index (χ2v) is 10.8. The fraction of sp³-hybridized carbons (Fsp3) is 0.259. The molecule has 0 fully saturated rings. The maximum atomic E-state index is 12.6. The van der Waals surface area contributed by atoms with E-state index in [-0.39, 0.29) is 11.7 Å². The van der Waals surface area contributed by atoms with E-state index in [0.29, 0.717) is 18.1 Å². The van der Waals surface area contributed by atoms with E-state index in [2.05, 4.69) is 32.0 Å². The first-order chi connectivity index (χ1) is 17.3. The largest absolute Gasteiger partial charge is 0.351 e. The van der Waals surface area contributed by atoms with Gasteiger partial charge in [-0.15, -0.1) is 21.5 Å². The molecule has 0 bridgehead atoms. The topological polar surface area (TPSA) is 72.2 Å². The van der Waals surface area contributed by atoms with Crippen LogP contribution in [0.4, 0.5) is 0 Å². The van der Waals surface area contributed by atoms with Gasteiger partial charge in [-0.25, -0.2) is 4.98 Å². The Morgan fingerprint density at radius 1 is 0.971 bits per heavy atom. The van der Waals surface area contributed by atoms with Gasteiger partial charge in [-0.3, -0.25) is 9.20 Å². The highest BCUT2D eigenvalue weighted by Gasteiger charge is 2.24. The molecule has 0 radical (unpaired) electrons. The molecule has 0 saturated heterocycles. The van der Waals surface area contributed by atoms with Gasteiger partial charge in [0, 0.05) is 17.8 Å². The van der Waals surface area contributed by atoms with E-state index < -0.39 is 0 Å². The van der Waals surface area contributed by atoms with Gasteiger partial charge in [-0.05, 0) is 42.4 Å². The number of fused-ring (bicyclic) bond motifs is 5. The molecule has 3 aromatic heterocycles. The van der Waals surface area contributed by atoms with Crippen LogP contribution in [-0.2, 0) is 30.6 Å². The van der Waals surface area contributed by atoms with Crippen molar-refractivity contribution in [1.29, 1.82) is 0 Å². The Morgan fingerprint density at radius 2 is 1.71 bits per heavy atom. The third-order valence-corrected chi connectivity index (χ3v) is 8.48. The lowest BCUT2D eigenvalue weighted by atomic mass is 9.97. The van der Waals surface area contributed by atoms with Gasteiger partial charge in [0.1, 0.15) is 10.7 Å². The summed E-state index contributed by atoms with van der Waals surface area (Å²) in [6, 6.07) is 20.3. The number of nitrogens with zero attached hydrogens (tertiary/aromatic N) is 4. The van der Waals surface area contributed by atoms with E-state index >= 15 is 0 Å². The van der Waals surface area contributed by atoms with Crippen molar-refractivity contribution in [2.45, 2.75) is 43.8 Å². The monoisotopic (exact) mass is 499 g/mol. The number of amides is 1. The van der Waals surface area contributed by atoms with Crippen molar-refractivity contribution in [3.8, 4) is 0 Å². The summed E-state index contributed by atoms with van der Waals surface area (Å²) in [6.45, 7) is 0.517. The van der Waals surface area contributed by atoms with Crippen LogP contribution < -0.4 is 5.32 Å². The summed E-state index contributed by atoms with van der Waals surface area (Å²) in [7, 11) is 0. The molecule has 0 atom stereocenters. The minimum Gasteiger partial charge on any atom is -0.351 e. The summed E-state index contributed by atoms with van der Waals surface area (Å²) in [5.74, 6) is 1.16. The molecule has 6 rings (SSSR count). The molecule has 0 spiro atoms. The number of benzene rings is 2. The lowest BCUT2D eigenvalue weighted by molar-refractivity contribution is -0.118. The number of nitrogens with one attached hydrogen (secondary N) is 1. The van der Waals surface area contributed by atoms with Crippen molar-refractivity contribution in [1.82, 2.24) is 24.9 Å². The molecular formula is C27H25N5OS2. The van der Waals surface area contributed by atoms with Gasteiger partial charge in [0.2, 0.25) is 5.91 Å². The zero-order chi connectivity index (χ0) is 23.6. The summed E-state index contributed by atoms with van der Waals surface area (Å²) in [6.07, 6.45) is 5.31. The molecule has 6 nitrogen and oxygen atoms in total. The predicted molar refractivity (Wildman–Crippen MR) is 141 cm³/mol. The van der Waals surface area contributed by atoms with Gasteiger partial charge >= 0.3 is 0 Å². The fourth-order valence-corrected chi connectivity index (χ4v) is 6.72. The molecule has 35 heavy (non-hydrogen) atoms. The Hall–Kier alpha value is -3.23. The van der Waals surface area contributed by atoms with Crippen LogP contribution in [0.15, 0.2) is 65.8 Å². The highest BCUT2D eigenvalue weighted by Crippen LogP contribution is 2.38. The van der Waals surface area contributed by atoms with Crippen LogP contribution in [0.1, 0.15) is 40.2 Å². The highest BCUT2D eigenvalue weighted by atomic mass is 32.2. The first kappa shape index (κ1) is 22.2. The van der Waals surface area contributed by atoms with Crippen LogP contribution in [0, 0.1) is 0 Å². The molecule has 1 amide bonds. The van der Waals surface area contributed by atoms with Gasteiger partial charge < -0.3 is 5.32 Å². The van der Waals surface area contributed by atoms with Gasteiger partial charge in [0.15, 0.2) is 10.8 Å². The lowest BCUT2D eigenvalue weighted by Gasteiger charge is -2.11. The summed E-state index contributed by atoms with van der Waals surface area (Å²) < 4.78 is 2.08. The molecule has 1 aliphatic rings. The van der Waals surface area contributed by atoms with Crippen LogP contribution in [0.5, 0.6) is 0 Å². The highest BCUT2D eigenvalue weighted by molar-refractivity contribution is 7.99. The normalized spacial score (nSPS) is 13.3. The molecule has 1 aliphatic carbocycles. The van der Waals surface area contributed by atoms with Crippen LogP contribution in [0.25, 0.3) is 15.9 Å². The molecule has 176 valence electrons. The predicted octanol–water partition coefficient (Wildman–Crippen LogP) is 5.22. The Bertz CT molecular complexity index is 1490. The number of thioether (sulfide) groups is 1. The minimum absolute atomic E-state index is 0.0258. The van der Waals surface area contributed by atoms with Gasteiger partial charge in [0.05, 0.1) is 11.1 Å². The first-order valence-electron chi connectivity index (χ1n) is 11.9. The zero-order valence-corrected chi connectivity index (χ0v) is 20.9. The Balaban J connectivity index is 1.33. The molecule has 0 aliphatic heterocycles. The molecule has 0 unspecified atom stereocenters. The van der Waals surface area contributed by atoms with Gasteiger partial charge in [-0.1, -0.05) is 72.4 Å². The van der Waals surface area contributed by atoms with Crippen LogP contribution in [0.3, 0.4) is 0 Å². The summed E-state index contributed by atoms with van der Waals surface area (Å²) in [5, 5.41) is 14.0. The van der Waals surface area contributed by atoms with E-state index in [9.17, 15) is 4.79 Å². The maximum absolute atomic E-state index is 12.6. The standard InChI is InChI=1S/C27H25N5OS2/c33-23(28-16-19-11-5-2-6-12-19)17-34-27-31-30-25-24-20-13-7-8-14-21(20)35-26(24)29-22(32(25)27)15-18-9-3-1-4-10-18/h1-6,9-12H,7-8,13-17H2,(H,28,33). The number of hydrogen-bond donors (Lipinski definition) is 1. The minimum atomic E-state index is -0.0258. The third kappa shape index (κ3) is 4.56. The third-order valence-electron chi connectivity index (χ3n) is 6.37. The van der Waals surface area contributed by atoms with Crippen molar-refractivity contribution in [2.24, 2.45) is 0 Å². The number of rotatable bonds is 7. The SMILES string of the molecule is O=C(CSc1nnc2c3c4c(sc3nc(Cc3ccccc3)n12)CCCC4)NCc1ccccc1. The second kappa shape index (κ2) is 9.79. The van der Waals surface area contributed by atoms with E-state index in [4.69, 9.17) is 4.98 Å². The van der Waals surface area contributed by atoms with Gasteiger partial charge in [0.25, 0.3) is 0 Å². The first-order valence-corrected chi connectivity index (χ1v) is 13.7.